The molecule has 46 valence electrons. The lowest BCUT2D eigenvalue weighted by atomic mass is 10.1. The van der Waals surface area contributed by atoms with Crippen molar-refractivity contribution in [2.24, 2.45) is 5.92 Å². The molecule has 1 aliphatic heterocycles. The number of hydrogen-bond acceptors (Lipinski definition) is 2. The highest BCUT2D eigenvalue weighted by molar-refractivity contribution is 5.81. The summed E-state index contributed by atoms with van der Waals surface area (Å²) in [5.41, 5.74) is 0. The lowest BCUT2D eigenvalue weighted by Crippen LogP contribution is -2.17. The van der Waals surface area contributed by atoms with Crippen LogP contribution in [0.25, 0.3) is 0 Å². The first-order chi connectivity index (χ1) is 3.72. The molecule has 1 amide bonds. The molecule has 2 N–H and O–H groups in total. The summed E-state index contributed by atoms with van der Waals surface area (Å²) < 4.78 is 0. The lowest BCUT2D eigenvalue weighted by Gasteiger charge is -2.00. The molecule has 0 radical (unpaired) electrons. The molecule has 0 spiro atoms. The first kappa shape index (κ1) is 5.56. The number of carbonyl (C=O) groups is 1. The molecule has 0 aliphatic carbocycles. The Morgan fingerprint density at radius 2 is 2.50 bits per heavy atom. The highest BCUT2D eigenvalue weighted by atomic mass is 16.3. The van der Waals surface area contributed by atoms with Gasteiger partial charge in [0, 0.05) is 6.54 Å². The van der Waals surface area contributed by atoms with E-state index in [4.69, 9.17) is 5.11 Å². The maximum Gasteiger partial charge on any atom is 0.225 e. The minimum Gasteiger partial charge on any atom is -0.390 e. The molecule has 0 aromatic rings. The Bertz CT molecular complexity index is 113. The number of nitrogens with one attached hydrogen (secondary N) is 1. The van der Waals surface area contributed by atoms with Crippen molar-refractivity contribution < 1.29 is 9.90 Å². The normalized spacial score (nSPS) is 37.5. The molecule has 1 rings (SSSR count). The van der Waals surface area contributed by atoms with Gasteiger partial charge in [0.15, 0.2) is 0 Å². The summed E-state index contributed by atoms with van der Waals surface area (Å²) in [5, 5.41) is 11.4. The Morgan fingerprint density at radius 3 is 2.62 bits per heavy atom. The fourth-order valence-electron chi connectivity index (χ4n) is 0.718. The van der Waals surface area contributed by atoms with Crippen molar-refractivity contribution in [3.05, 3.63) is 0 Å². The van der Waals surface area contributed by atoms with E-state index in [0.29, 0.717) is 6.54 Å². The molecule has 0 saturated carbocycles. The van der Waals surface area contributed by atoms with E-state index in [1.807, 2.05) is 0 Å². The third kappa shape index (κ3) is 0.690. The predicted molar refractivity (Wildman–Crippen MR) is 28.2 cm³/mol. The quantitative estimate of drug-likeness (QED) is 0.430. The predicted octanol–water partition coefficient (Wildman–Crippen LogP) is -0.887. The van der Waals surface area contributed by atoms with Gasteiger partial charge in [-0.1, -0.05) is 6.92 Å². The molecule has 3 heteroatoms. The molecule has 1 heterocycles. The maximum absolute atomic E-state index is 10.5. The van der Waals surface area contributed by atoms with Gasteiger partial charge in [-0.25, -0.2) is 0 Å². The largest absolute Gasteiger partial charge is 0.390 e. The van der Waals surface area contributed by atoms with Gasteiger partial charge in [0.2, 0.25) is 5.91 Å². The van der Waals surface area contributed by atoms with Crippen LogP contribution in [0, 0.1) is 5.92 Å². The number of rotatable bonds is 0. The summed E-state index contributed by atoms with van der Waals surface area (Å²) in [5.74, 6) is -0.257. The van der Waals surface area contributed by atoms with Crippen molar-refractivity contribution in [1.82, 2.24) is 5.32 Å². The van der Waals surface area contributed by atoms with E-state index in [9.17, 15) is 4.79 Å². The minimum atomic E-state index is -0.470. The second kappa shape index (κ2) is 1.74. The zero-order valence-electron chi connectivity index (χ0n) is 4.72. The van der Waals surface area contributed by atoms with Gasteiger partial charge < -0.3 is 10.4 Å². The molecule has 2 atom stereocenters. The van der Waals surface area contributed by atoms with Gasteiger partial charge in [-0.3, -0.25) is 4.79 Å². The fraction of sp³-hybridized carbons (Fsp3) is 0.800. The number of aliphatic hydroxyl groups excluding tert-OH is 1. The molecule has 0 aromatic heterocycles. The highest BCUT2D eigenvalue weighted by Crippen LogP contribution is 2.07. The Labute approximate surface area is 47.7 Å². The molecular formula is C5H9NO2. The number of hydrogen-bond donors (Lipinski definition) is 2. The van der Waals surface area contributed by atoms with E-state index in [1.165, 1.54) is 0 Å². The van der Waals surface area contributed by atoms with Gasteiger partial charge in [-0.05, 0) is 0 Å². The fourth-order valence-corrected chi connectivity index (χ4v) is 0.718. The summed E-state index contributed by atoms with van der Waals surface area (Å²) in [7, 11) is 0. The summed E-state index contributed by atoms with van der Waals surface area (Å²) >= 11 is 0. The highest BCUT2D eigenvalue weighted by Gasteiger charge is 2.28. The number of carbonyl (C=O) groups excluding carboxylic acids is 1. The molecule has 0 aromatic carbocycles. The smallest absolute Gasteiger partial charge is 0.225 e. The minimum absolute atomic E-state index is 0.0440. The Hall–Kier alpha value is -0.570. The van der Waals surface area contributed by atoms with Crippen LogP contribution >= 0.6 is 0 Å². The zero-order valence-corrected chi connectivity index (χ0v) is 4.72. The van der Waals surface area contributed by atoms with Crippen LogP contribution in [0.5, 0.6) is 0 Å². The summed E-state index contributed by atoms with van der Waals surface area (Å²) in [6.07, 6.45) is -0.470. The number of aliphatic hydroxyl groups is 1. The van der Waals surface area contributed by atoms with Gasteiger partial charge in [0.05, 0.1) is 12.0 Å². The Kier molecular flexibility index (Phi) is 1.21. The first-order valence-corrected chi connectivity index (χ1v) is 2.67. The maximum atomic E-state index is 10.5. The Morgan fingerprint density at radius 1 is 1.88 bits per heavy atom. The third-order valence-corrected chi connectivity index (χ3v) is 1.48. The van der Waals surface area contributed by atoms with Gasteiger partial charge in [0.1, 0.15) is 0 Å². The molecular weight excluding hydrogens is 106 g/mol. The van der Waals surface area contributed by atoms with E-state index < -0.39 is 6.10 Å². The van der Waals surface area contributed by atoms with Crippen molar-refractivity contribution in [3.63, 3.8) is 0 Å². The number of amides is 1. The van der Waals surface area contributed by atoms with Gasteiger partial charge in [-0.15, -0.1) is 0 Å². The third-order valence-electron chi connectivity index (χ3n) is 1.48. The van der Waals surface area contributed by atoms with Crippen LogP contribution in [0.3, 0.4) is 0 Å². The van der Waals surface area contributed by atoms with Crippen molar-refractivity contribution >= 4 is 5.91 Å². The topological polar surface area (TPSA) is 49.3 Å². The summed E-state index contributed by atoms with van der Waals surface area (Å²) in [6.45, 7) is 2.13. The van der Waals surface area contributed by atoms with E-state index >= 15 is 0 Å². The molecule has 1 fully saturated rings. The SMILES string of the molecule is CC1C(=O)NCC1O. The van der Waals surface area contributed by atoms with Gasteiger partial charge >= 0.3 is 0 Å². The number of β-amino-alcohol motifs (C(OH)–C–C–N with tert-alkyl or cyclic N) is 1. The average molecular weight is 115 g/mol. The molecule has 0 bridgehead atoms. The molecule has 2 unspecified atom stereocenters. The zero-order chi connectivity index (χ0) is 6.15. The van der Waals surface area contributed by atoms with E-state index in [0.717, 1.165) is 0 Å². The van der Waals surface area contributed by atoms with Gasteiger partial charge in [-0.2, -0.15) is 0 Å². The molecule has 1 aliphatic rings. The monoisotopic (exact) mass is 115 g/mol. The molecule has 3 nitrogen and oxygen atoms in total. The van der Waals surface area contributed by atoms with Crippen molar-refractivity contribution in [1.29, 1.82) is 0 Å². The van der Waals surface area contributed by atoms with Crippen LogP contribution in [0.15, 0.2) is 0 Å². The van der Waals surface area contributed by atoms with E-state index in [2.05, 4.69) is 5.32 Å². The molecule has 8 heavy (non-hydrogen) atoms. The Balaban J connectivity index is 2.56. The van der Waals surface area contributed by atoms with Crippen LogP contribution < -0.4 is 5.32 Å². The van der Waals surface area contributed by atoms with Crippen molar-refractivity contribution in [2.45, 2.75) is 13.0 Å². The standard InChI is InChI=1S/C5H9NO2/c1-3-4(7)2-6-5(3)8/h3-4,7H,2H2,1H3,(H,6,8). The van der Waals surface area contributed by atoms with Gasteiger partial charge in [0.25, 0.3) is 0 Å². The summed E-state index contributed by atoms with van der Waals surface area (Å²) in [6, 6.07) is 0. The lowest BCUT2D eigenvalue weighted by molar-refractivity contribution is -0.123. The van der Waals surface area contributed by atoms with Crippen LogP contribution in [0.1, 0.15) is 6.92 Å². The van der Waals surface area contributed by atoms with Crippen LogP contribution in [0.2, 0.25) is 0 Å². The van der Waals surface area contributed by atoms with Crippen LogP contribution in [0.4, 0.5) is 0 Å². The second-order valence-corrected chi connectivity index (χ2v) is 2.10. The van der Waals surface area contributed by atoms with E-state index in [-0.39, 0.29) is 11.8 Å². The average Bonchev–Trinajstić information content (AvgIpc) is 1.98. The summed E-state index contributed by atoms with van der Waals surface area (Å²) in [4.78, 5) is 10.5. The molecule has 1 saturated heterocycles. The first-order valence-electron chi connectivity index (χ1n) is 2.67. The van der Waals surface area contributed by atoms with Crippen LogP contribution in [-0.2, 0) is 4.79 Å². The van der Waals surface area contributed by atoms with Crippen LogP contribution in [-0.4, -0.2) is 23.7 Å². The van der Waals surface area contributed by atoms with E-state index in [1.54, 1.807) is 6.92 Å². The second-order valence-electron chi connectivity index (χ2n) is 2.10. The van der Waals surface area contributed by atoms with Crippen molar-refractivity contribution in [2.75, 3.05) is 6.54 Å². The van der Waals surface area contributed by atoms with Crippen molar-refractivity contribution in [3.8, 4) is 0 Å².